The van der Waals surface area contributed by atoms with Crippen LogP contribution in [-0.4, -0.2) is 38.7 Å². The maximum atomic E-state index is 12.3. The highest BCUT2D eigenvalue weighted by Crippen LogP contribution is 2.27. The van der Waals surface area contributed by atoms with Crippen LogP contribution in [0.1, 0.15) is 42.8 Å². The van der Waals surface area contributed by atoms with Gasteiger partial charge in [0.1, 0.15) is 12.2 Å². The summed E-state index contributed by atoms with van der Waals surface area (Å²) in [4.78, 5) is 15.6. The molecule has 0 N–H and O–H groups in total. The minimum absolute atomic E-state index is 0.281. The molecule has 22 heavy (non-hydrogen) atoms. The summed E-state index contributed by atoms with van der Waals surface area (Å²) in [6.07, 6.45) is 5.26. The Labute approximate surface area is 135 Å². The number of carbonyl (C=O) groups excluding carboxylic acids is 1. The van der Waals surface area contributed by atoms with Crippen LogP contribution >= 0.6 is 11.3 Å². The van der Waals surface area contributed by atoms with E-state index in [-0.39, 0.29) is 5.91 Å². The van der Waals surface area contributed by atoms with Gasteiger partial charge in [0.2, 0.25) is 5.91 Å². The molecule has 0 spiro atoms. The number of aryl methyl sites for hydroxylation is 2. The molecule has 3 heterocycles. The summed E-state index contributed by atoms with van der Waals surface area (Å²) in [5, 5.41) is 10.3. The summed E-state index contributed by atoms with van der Waals surface area (Å²) < 4.78 is 2.11. The van der Waals surface area contributed by atoms with Gasteiger partial charge in [0.25, 0.3) is 0 Å². The Balaban J connectivity index is 1.50. The van der Waals surface area contributed by atoms with Gasteiger partial charge < -0.3 is 9.47 Å². The maximum absolute atomic E-state index is 12.3. The van der Waals surface area contributed by atoms with Crippen molar-refractivity contribution in [1.29, 1.82) is 0 Å². The van der Waals surface area contributed by atoms with Crippen LogP contribution in [0, 0.1) is 0 Å². The molecule has 1 amide bonds. The minimum Gasteiger partial charge on any atom is -0.343 e. The molecule has 3 rings (SSSR count). The summed E-state index contributed by atoms with van der Waals surface area (Å²) in [6, 6.07) is 4.14. The molecule has 0 aromatic carbocycles. The first-order valence-corrected chi connectivity index (χ1v) is 8.83. The van der Waals surface area contributed by atoms with E-state index in [9.17, 15) is 4.79 Å². The third kappa shape index (κ3) is 3.38. The molecule has 0 atom stereocenters. The van der Waals surface area contributed by atoms with Crippen LogP contribution in [0.5, 0.6) is 0 Å². The Bertz CT molecular complexity index is 599. The monoisotopic (exact) mass is 318 g/mol. The van der Waals surface area contributed by atoms with E-state index in [2.05, 4.69) is 33.1 Å². The Morgan fingerprint density at radius 2 is 2.23 bits per heavy atom. The molecule has 1 fully saturated rings. The molecule has 6 heteroatoms. The van der Waals surface area contributed by atoms with Gasteiger partial charge >= 0.3 is 0 Å². The molecule has 1 aliphatic heterocycles. The number of aromatic nitrogens is 3. The number of rotatable bonds is 5. The van der Waals surface area contributed by atoms with Gasteiger partial charge in [-0.05, 0) is 37.6 Å². The van der Waals surface area contributed by atoms with E-state index >= 15 is 0 Å². The SMILES string of the molecule is CCn1cnnc1C1CCN(C(=O)CCc2cccs2)CC1. The molecule has 0 aliphatic carbocycles. The normalized spacial score (nSPS) is 16.1. The first kappa shape index (κ1) is 15.2. The third-order valence-electron chi connectivity index (χ3n) is 4.36. The van der Waals surface area contributed by atoms with E-state index in [1.54, 1.807) is 17.7 Å². The number of carbonyl (C=O) groups is 1. The van der Waals surface area contributed by atoms with E-state index in [1.165, 1.54) is 4.88 Å². The highest BCUT2D eigenvalue weighted by Gasteiger charge is 2.26. The Kier molecular flexibility index (Phi) is 4.87. The van der Waals surface area contributed by atoms with Crippen molar-refractivity contribution in [3.05, 3.63) is 34.5 Å². The van der Waals surface area contributed by atoms with E-state index in [0.29, 0.717) is 12.3 Å². The Morgan fingerprint density at radius 1 is 1.41 bits per heavy atom. The minimum atomic E-state index is 0.281. The van der Waals surface area contributed by atoms with Crippen molar-refractivity contribution in [2.75, 3.05) is 13.1 Å². The predicted octanol–water partition coefficient (Wildman–Crippen LogP) is 2.70. The number of likely N-dealkylation sites (tertiary alicyclic amines) is 1. The highest BCUT2D eigenvalue weighted by molar-refractivity contribution is 7.09. The van der Waals surface area contributed by atoms with Gasteiger partial charge in [-0.25, -0.2) is 0 Å². The molecule has 0 radical (unpaired) electrons. The predicted molar refractivity (Wildman–Crippen MR) is 86.9 cm³/mol. The molecule has 5 nitrogen and oxygen atoms in total. The van der Waals surface area contributed by atoms with Crippen LogP contribution in [-0.2, 0) is 17.8 Å². The molecule has 2 aromatic rings. The second kappa shape index (κ2) is 7.05. The average Bonchev–Trinajstić information content (AvgIpc) is 3.23. The highest BCUT2D eigenvalue weighted by atomic mass is 32.1. The summed E-state index contributed by atoms with van der Waals surface area (Å²) in [5.74, 6) is 1.79. The summed E-state index contributed by atoms with van der Waals surface area (Å²) >= 11 is 1.73. The fourth-order valence-electron chi connectivity index (χ4n) is 3.05. The van der Waals surface area contributed by atoms with Crippen LogP contribution < -0.4 is 0 Å². The zero-order valence-electron chi connectivity index (χ0n) is 12.9. The summed E-state index contributed by atoms with van der Waals surface area (Å²) in [6.45, 7) is 4.69. The lowest BCUT2D eigenvalue weighted by Crippen LogP contribution is -2.38. The average molecular weight is 318 g/mol. The second-order valence-electron chi connectivity index (χ2n) is 5.71. The lowest BCUT2D eigenvalue weighted by atomic mass is 9.95. The molecule has 2 aromatic heterocycles. The second-order valence-corrected chi connectivity index (χ2v) is 6.74. The molecule has 1 saturated heterocycles. The number of piperidine rings is 1. The zero-order chi connectivity index (χ0) is 15.4. The fraction of sp³-hybridized carbons (Fsp3) is 0.562. The standard InChI is InChI=1S/C16H22N4OS/c1-2-19-12-17-18-16(19)13-7-9-20(10-8-13)15(21)6-5-14-4-3-11-22-14/h3-4,11-13H,2,5-10H2,1H3. The van der Waals surface area contributed by atoms with Crippen LogP contribution in [0.15, 0.2) is 23.8 Å². The lowest BCUT2D eigenvalue weighted by Gasteiger charge is -2.31. The van der Waals surface area contributed by atoms with Gasteiger partial charge in [0, 0.05) is 36.9 Å². The van der Waals surface area contributed by atoms with Gasteiger partial charge in [-0.1, -0.05) is 6.07 Å². The van der Waals surface area contributed by atoms with Crippen molar-refractivity contribution in [2.24, 2.45) is 0 Å². The molecular formula is C16H22N4OS. The molecule has 1 aliphatic rings. The number of nitrogens with zero attached hydrogens (tertiary/aromatic N) is 4. The van der Waals surface area contributed by atoms with E-state index in [4.69, 9.17) is 0 Å². The van der Waals surface area contributed by atoms with Crippen molar-refractivity contribution in [2.45, 2.75) is 45.1 Å². The van der Waals surface area contributed by atoms with E-state index in [0.717, 1.165) is 44.7 Å². The topological polar surface area (TPSA) is 51.0 Å². The molecular weight excluding hydrogens is 296 g/mol. The van der Waals surface area contributed by atoms with Crippen molar-refractivity contribution in [3.8, 4) is 0 Å². The maximum Gasteiger partial charge on any atom is 0.222 e. The lowest BCUT2D eigenvalue weighted by molar-refractivity contribution is -0.132. The first-order chi connectivity index (χ1) is 10.8. The zero-order valence-corrected chi connectivity index (χ0v) is 13.8. The van der Waals surface area contributed by atoms with Gasteiger partial charge in [-0.2, -0.15) is 0 Å². The van der Waals surface area contributed by atoms with Crippen LogP contribution in [0.2, 0.25) is 0 Å². The number of thiophene rings is 1. The molecule has 118 valence electrons. The number of hydrogen-bond donors (Lipinski definition) is 0. The molecule has 0 unspecified atom stereocenters. The quantitative estimate of drug-likeness (QED) is 0.851. The van der Waals surface area contributed by atoms with Crippen molar-refractivity contribution < 1.29 is 4.79 Å². The largest absolute Gasteiger partial charge is 0.343 e. The smallest absolute Gasteiger partial charge is 0.222 e. The van der Waals surface area contributed by atoms with Crippen LogP contribution in [0.25, 0.3) is 0 Å². The Hall–Kier alpha value is -1.69. The summed E-state index contributed by atoms with van der Waals surface area (Å²) in [5.41, 5.74) is 0. The van der Waals surface area contributed by atoms with Gasteiger partial charge in [0.15, 0.2) is 0 Å². The summed E-state index contributed by atoms with van der Waals surface area (Å²) in [7, 11) is 0. The van der Waals surface area contributed by atoms with E-state index in [1.807, 2.05) is 11.0 Å². The molecule has 0 saturated carbocycles. The van der Waals surface area contributed by atoms with Crippen molar-refractivity contribution in [1.82, 2.24) is 19.7 Å². The van der Waals surface area contributed by atoms with Crippen molar-refractivity contribution >= 4 is 17.2 Å². The van der Waals surface area contributed by atoms with Crippen molar-refractivity contribution in [3.63, 3.8) is 0 Å². The van der Waals surface area contributed by atoms with Gasteiger partial charge in [0.05, 0.1) is 0 Å². The first-order valence-electron chi connectivity index (χ1n) is 7.95. The third-order valence-corrected chi connectivity index (χ3v) is 5.30. The number of hydrogen-bond acceptors (Lipinski definition) is 4. The molecule has 0 bridgehead atoms. The Morgan fingerprint density at radius 3 is 2.91 bits per heavy atom. The number of amides is 1. The van der Waals surface area contributed by atoms with Crippen LogP contribution in [0.4, 0.5) is 0 Å². The fourth-order valence-corrected chi connectivity index (χ4v) is 3.76. The van der Waals surface area contributed by atoms with Crippen LogP contribution in [0.3, 0.4) is 0 Å². The van der Waals surface area contributed by atoms with Gasteiger partial charge in [-0.3, -0.25) is 4.79 Å². The van der Waals surface area contributed by atoms with Gasteiger partial charge in [-0.15, -0.1) is 21.5 Å². The van der Waals surface area contributed by atoms with E-state index < -0.39 is 0 Å².